The van der Waals surface area contributed by atoms with Crippen LogP contribution in [-0.2, 0) is 0 Å². The minimum Gasteiger partial charge on any atom is -0.309 e. The van der Waals surface area contributed by atoms with Crippen LogP contribution in [0.5, 0.6) is 0 Å². The zero-order valence-corrected chi connectivity index (χ0v) is 22.1. The largest absolute Gasteiger partial charge is 0.309 e. The Balaban J connectivity index is 1.12. The first-order chi connectivity index (χ1) is 20.3. The highest BCUT2D eigenvalue weighted by Crippen LogP contribution is 2.46. The number of aromatic nitrogens is 3. The normalized spacial score (nSPS) is 11.9. The van der Waals surface area contributed by atoms with Crippen LogP contribution >= 0.6 is 0 Å². The van der Waals surface area contributed by atoms with Crippen LogP contribution in [0.1, 0.15) is 0 Å². The summed E-state index contributed by atoms with van der Waals surface area (Å²) in [5.41, 5.74) is 11.5. The van der Waals surface area contributed by atoms with Crippen LogP contribution in [0.25, 0.3) is 83.2 Å². The van der Waals surface area contributed by atoms with Gasteiger partial charge in [0.2, 0.25) is 0 Å². The zero-order chi connectivity index (χ0) is 26.9. The third-order valence-electron chi connectivity index (χ3n) is 8.40. The molecule has 1 aliphatic rings. The van der Waals surface area contributed by atoms with Gasteiger partial charge in [-0.05, 0) is 57.8 Å². The number of rotatable bonds is 3. The number of hydrogen-bond donors (Lipinski definition) is 0. The third kappa shape index (κ3) is 3.26. The molecule has 0 spiro atoms. The Kier molecular flexibility index (Phi) is 4.61. The molecular weight excluding hydrogens is 498 g/mol. The first-order valence-electron chi connectivity index (χ1n) is 13.9. The Hall–Kier alpha value is -5.54. The second-order valence-electron chi connectivity index (χ2n) is 10.7. The maximum absolute atomic E-state index is 5.06. The molecule has 41 heavy (non-hydrogen) atoms. The fourth-order valence-electron chi connectivity index (χ4n) is 6.51. The fourth-order valence-corrected chi connectivity index (χ4v) is 6.51. The van der Waals surface area contributed by atoms with Gasteiger partial charge in [-0.2, -0.15) is 0 Å². The van der Waals surface area contributed by atoms with E-state index >= 15 is 0 Å². The predicted molar refractivity (Wildman–Crippen MR) is 169 cm³/mol. The number of fused-ring (bicyclic) bond motifs is 6. The van der Waals surface area contributed by atoms with Crippen molar-refractivity contribution in [2.45, 2.75) is 0 Å². The van der Waals surface area contributed by atoms with E-state index in [2.05, 4.69) is 138 Å². The molecule has 0 radical (unpaired) electrons. The van der Waals surface area contributed by atoms with Gasteiger partial charge in [0.1, 0.15) is 0 Å². The fraction of sp³-hybridized carbons (Fsp3) is 0. The van der Waals surface area contributed by atoms with E-state index in [-0.39, 0.29) is 0 Å². The van der Waals surface area contributed by atoms with E-state index in [1.54, 1.807) is 0 Å². The maximum atomic E-state index is 5.06. The number of hydrogen-bond acceptors (Lipinski definition) is 2. The molecule has 190 valence electrons. The molecule has 0 N–H and O–H groups in total. The molecule has 9 rings (SSSR count). The molecule has 6 aromatic carbocycles. The minimum atomic E-state index is 0.751. The molecule has 2 aromatic heterocycles. The molecule has 1 aliphatic carbocycles. The highest BCUT2D eigenvalue weighted by Gasteiger charge is 2.23. The van der Waals surface area contributed by atoms with Crippen molar-refractivity contribution in [3.05, 3.63) is 140 Å². The highest BCUT2D eigenvalue weighted by atomic mass is 15.0. The van der Waals surface area contributed by atoms with Gasteiger partial charge in [0.25, 0.3) is 0 Å². The van der Waals surface area contributed by atoms with Gasteiger partial charge in [-0.1, -0.05) is 103 Å². The van der Waals surface area contributed by atoms with Crippen LogP contribution in [0.15, 0.2) is 140 Å². The molecule has 0 atom stereocenters. The third-order valence-corrected chi connectivity index (χ3v) is 8.40. The van der Waals surface area contributed by atoms with E-state index < -0.39 is 0 Å². The SMILES string of the molecule is c1ccc(-n2c3ccccc3c3cc(-c4ccc(-c5ncc6c(n5)-c5cccc7cccc-6c57)cc4)ccc32)cc1. The first kappa shape index (κ1) is 22.3. The zero-order valence-electron chi connectivity index (χ0n) is 22.1. The Labute approximate surface area is 237 Å². The van der Waals surface area contributed by atoms with Crippen LogP contribution < -0.4 is 0 Å². The molecule has 0 unspecified atom stereocenters. The molecule has 0 amide bonds. The lowest BCUT2D eigenvalue weighted by molar-refractivity contribution is 1.18. The summed E-state index contributed by atoms with van der Waals surface area (Å²) in [5, 5.41) is 5.03. The number of para-hydroxylation sites is 2. The molecule has 0 saturated heterocycles. The first-order valence-corrected chi connectivity index (χ1v) is 13.9. The molecule has 2 heterocycles. The molecule has 0 bridgehead atoms. The van der Waals surface area contributed by atoms with Gasteiger partial charge >= 0.3 is 0 Å². The lowest BCUT2D eigenvalue weighted by atomic mass is 10.0. The highest BCUT2D eigenvalue weighted by molar-refractivity contribution is 6.14. The van der Waals surface area contributed by atoms with E-state index in [4.69, 9.17) is 9.97 Å². The van der Waals surface area contributed by atoms with Gasteiger partial charge in [0.15, 0.2) is 5.82 Å². The topological polar surface area (TPSA) is 30.7 Å². The van der Waals surface area contributed by atoms with E-state index in [1.165, 1.54) is 60.5 Å². The van der Waals surface area contributed by atoms with Crippen molar-refractivity contribution in [1.82, 2.24) is 14.5 Å². The summed E-state index contributed by atoms with van der Waals surface area (Å²) in [6.07, 6.45) is 1.98. The minimum absolute atomic E-state index is 0.751. The van der Waals surface area contributed by atoms with Crippen molar-refractivity contribution < 1.29 is 0 Å². The molecular formula is C38H23N3. The Morgan fingerprint density at radius 1 is 0.488 bits per heavy atom. The van der Waals surface area contributed by atoms with Crippen LogP contribution in [-0.4, -0.2) is 14.5 Å². The van der Waals surface area contributed by atoms with Gasteiger partial charge in [-0.3, -0.25) is 0 Å². The van der Waals surface area contributed by atoms with Crippen molar-refractivity contribution in [1.29, 1.82) is 0 Å². The molecule has 8 aromatic rings. The summed E-state index contributed by atoms with van der Waals surface area (Å²) in [4.78, 5) is 9.84. The summed E-state index contributed by atoms with van der Waals surface area (Å²) >= 11 is 0. The summed E-state index contributed by atoms with van der Waals surface area (Å²) in [5.74, 6) is 0.751. The summed E-state index contributed by atoms with van der Waals surface area (Å²) in [7, 11) is 0. The smallest absolute Gasteiger partial charge is 0.159 e. The van der Waals surface area contributed by atoms with E-state index in [1.807, 2.05) is 6.20 Å². The second kappa shape index (κ2) is 8.48. The van der Waals surface area contributed by atoms with Gasteiger partial charge < -0.3 is 4.57 Å². The predicted octanol–water partition coefficient (Wildman–Crippen LogP) is 9.71. The molecule has 0 aliphatic heterocycles. The van der Waals surface area contributed by atoms with Crippen LogP contribution in [0.4, 0.5) is 0 Å². The van der Waals surface area contributed by atoms with E-state index in [0.29, 0.717) is 0 Å². The van der Waals surface area contributed by atoms with Gasteiger partial charge in [-0.25, -0.2) is 9.97 Å². The summed E-state index contributed by atoms with van der Waals surface area (Å²) in [6, 6.07) is 47.5. The lowest BCUT2D eigenvalue weighted by Gasteiger charge is -2.09. The average molecular weight is 522 g/mol. The van der Waals surface area contributed by atoms with E-state index in [9.17, 15) is 0 Å². The summed E-state index contributed by atoms with van der Waals surface area (Å²) in [6.45, 7) is 0. The van der Waals surface area contributed by atoms with Crippen LogP contribution in [0.3, 0.4) is 0 Å². The lowest BCUT2D eigenvalue weighted by Crippen LogP contribution is -1.93. The van der Waals surface area contributed by atoms with Crippen molar-refractivity contribution in [3.63, 3.8) is 0 Å². The quantitative estimate of drug-likeness (QED) is 0.232. The van der Waals surface area contributed by atoms with Gasteiger partial charge in [0.05, 0.1) is 16.7 Å². The number of nitrogens with zero attached hydrogens (tertiary/aromatic N) is 3. The van der Waals surface area contributed by atoms with Gasteiger partial charge in [0, 0.05) is 39.3 Å². The van der Waals surface area contributed by atoms with Crippen molar-refractivity contribution in [2.75, 3.05) is 0 Å². The van der Waals surface area contributed by atoms with Gasteiger partial charge in [-0.15, -0.1) is 0 Å². The molecule has 0 fully saturated rings. The standard InChI is InChI=1S/C38H23N3/c1-2-10-28(11-3-1)41-34-15-5-4-12-29(34)32-22-27(20-21-35(32)41)24-16-18-26(19-17-24)38-39-23-33-30-13-6-8-25-9-7-14-31(36(25)30)37(33)40-38/h1-23H. The van der Waals surface area contributed by atoms with Crippen LogP contribution in [0, 0.1) is 0 Å². The summed E-state index contributed by atoms with van der Waals surface area (Å²) < 4.78 is 2.35. The Morgan fingerprint density at radius 3 is 2.05 bits per heavy atom. The molecule has 0 saturated carbocycles. The Bertz CT molecular complexity index is 2290. The Morgan fingerprint density at radius 2 is 1.20 bits per heavy atom. The van der Waals surface area contributed by atoms with E-state index in [0.717, 1.165) is 22.6 Å². The maximum Gasteiger partial charge on any atom is 0.159 e. The molecule has 3 nitrogen and oxygen atoms in total. The van der Waals surface area contributed by atoms with Crippen molar-refractivity contribution in [3.8, 4) is 50.6 Å². The molecule has 3 heteroatoms. The van der Waals surface area contributed by atoms with Crippen molar-refractivity contribution in [2.24, 2.45) is 0 Å². The number of benzene rings is 6. The average Bonchev–Trinajstić information content (AvgIpc) is 3.55. The van der Waals surface area contributed by atoms with Crippen LogP contribution in [0.2, 0.25) is 0 Å². The van der Waals surface area contributed by atoms with Crippen molar-refractivity contribution >= 4 is 32.6 Å². The second-order valence-corrected chi connectivity index (χ2v) is 10.7. The monoisotopic (exact) mass is 521 g/mol.